The lowest BCUT2D eigenvalue weighted by Gasteiger charge is -2.08. The van der Waals surface area contributed by atoms with Crippen LogP contribution in [0.2, 0.25) is 5.02 Å². The number of nitrogen functional groups attached to an aromatic ring is 1. The van der Waals surface area contributed by atoms with Gasteiger partial charge in [0.05, 0.1) is 0 Å². The van der Waals surface area contributed by atoms with Crippen LogP contribution in [0.1, 0.15) is 0 Å². The largest absolute Gasteiger partial charge is 0.399 e. The molecule has 0 spiro atoms. The SMILES string of the molecule is Nc1cc(Br)c(Sc2ccc(Cl)cc2)c(Br)c1. The van der Waals surface area contributed by atoms with E-state index in [-0.39, 0.29) is 0 Å². The normalized spacial score (nSPS) is 10.5. The van der Waals surface area contributed by atoms with Crippen molar-refractivity contribution in [3.8, 4) is 0 Å². The monoisotopic (exact) mass is 391 g/mol. The summed E-state index contributed by atoms with van der Waals surface area (Å²) in [6.45, 7) is 0. The molecule has 0 radical (unpaired) electrons. The number of rotatable bonds is 2. The summed E-state index contributed by atoms with van der Waals surface area (Å²) in [6.07, 6.45) is 0. The molecule has 1 nitrogen and oxygen atoms in total. The van der Waals surface area contributed by atoms with Crippen molar-refractivity contribution in [1.82, 2.24) is 0 Å². The van der Waals surface area contributed by atoms with E-state index in [0.717, 1.165) is 29.4 Å². The lowest BCUT2D eigenvalue weighted by molar-refractivity contribution is 1.34. The smallest absolute Gasteiger partial charge is 0.0408 e. The van der Waals surface area contributed by atoms with Crippen LogP contribution < -0.4 is 5.73 Å². The highest BCUT2D eigenvalue weighted by Crippen LogP contribution is 2.40. The Morgan fingerprint density at radius 1 is 1.00 bits per heavy atom. The average molecular weight is 394 g/mol. The molecule has 0 heterocycles. The molecule has 0 unspecified atom stereocenters. The Morgan fingerprint density at radius 2 is 1.53 bits per heavy atom. The van der Waals surface area contributed by atoms with Crippen molar-refractivity contribution in [3.05, 3.63) is 50.4 Å². The van der Waals surface area contributed by atoms with Gasteiger partial charge in [-0.25, -0.2) is 0 Å². The van der Waals surface area contributed by atoms with Crippen LogP contribution in [0, 0.1) is 0 Å². The van der Waals surface area contributed by atoms with Crippen molar-refractivity contribution >= 4 is 60.9 Å². The predicted molar refractivity (Wildman–Crippen MR) is 81.8 cm³/mol. The van der Waals surface area contributed by atoms with E-state index in [0.29, 0.717) is 0 Å². The van der Waals surface area contributed by atoms with Gasteiger partial charge in [-0.3, -0.25) is 0 Å². The van der Waals surface area contributed by atoms with Crippen molar-refractivity contribution in [2.24, 2.45) is 0 Å². The van der Waals surface area contributed by atoms with Crippen molar-refractivity contribution < 1.29 is 0 Å². The van der Waals surface area contributed by atoms with Crippen LogP contribution in [0.5, 0.6) is 0 Å². The van der Waals surface area contributed by atoms with E-state index in [1.165, 1.54) is 0 Å². The fourth-order valence-corrected chi connectivity index (χ4v) is 3.95. The maximum atomic E-state index is 5.85. The molecule has 5 heteroatoms. The van der Waals surface area contributed by atoms with Gasteiger partial charge in [-0.1, -0.05) is 23.4 Å². The number of hydrogen-bond donors (Lipinski definition) is 1. The van der Waals surface area contributed by atoms with Crippen LogP contribution in [-0.4, -0.2) is 0 Å². The van der Waals surface area contributed by atoms with Crippen LogP contribution in [0.4, 0.5) is 5.69 Å². The zero-order chi connectivity index (χ0) is 12.4. The third-order valence-electron chi connectivity index (χ3n) is 2.05. The van der Waals surface area contributed by atoms with E-state index in [4.69, 9.17) is 17.3 Å². The second-order valence-electron chi connectivity index (χ2n) is 3.37. The summed E-state index contributed by atoms with van der Waals surface area (Å²) >= 11 is 14.5. The van der Waals surface area contributed by atoms with Crippen LogP contribution in [0.3, 0.4) is 0 Å². The highest BCUT2D eigenvalue weighted by Gasteiger charge is 2.08. The van der Waals surface area contributed by atoms with E-state index in [1.807, 2.05) is 36.4 Å². The number of anilines is 1. The van der Waals surface area contributed by atoms with Crippen LogP contribution >= 0.6 is 55.2 Å². The molecule has 0 atom stereocenters. The van der Waals surface area contributed by atoms with Gasteiger partial charge in [-0.2, -0.15) is 0 Å². The Balaban J connectivity index is 2.33. The Morgan fingerprint density at radius 3 is 2.06 bits per heavy atom. The molecule has 2 aromatic rings. The summed E-state index contributed by atoms with van der Waals surface area (Å²) in [6, 6.07) is 11.5. The summed E-state index contributed by atoms with van der Waals surface area (Å²) in [4.78, 5) is 2.22. The maximum absolute atomic E-state index is 5.85. The first-order valence-corrected chi connectivity index (χ1v) is 7.52. The molecule has 0 aliphatic heterocycles. The van der Waals surface area contributed by atoms with Gasteiger partial charge in [0, 0.05) is 29.4 Å². The highest BCUT2D eigenvalue weighted by atomic mass is 79.9. The van der Waals surface area contributed by atoms with Crippen molar-refractivity contribution in [1.29, 1.82) is 0 Å². The molecular formula is C12H8Br2ClNS. The van der Waals surface area contributed by atoms with Gasteiger partial charge in [-0.05, 0) is 68.3 Å². The number of hydrogen-bond acceptors (Lipinski definition) is 2. The fourth-order valence-electron chi connectivity index (χ4n) is 1.30. The Hall–Kier alpha value is -0.160. The first-order chi connectivity index (χ1) is 8.06. The van der Waals surface area contributed by atoms with Crippen molar-refractivity contribution in [3.63, 3.8) is 0 Å². The van der Waals surface area contributed by atoms with Gasteiger partial charge in [0.2, 0.25) is 0 Å². The lowest BCUT2D eigenvalue weighted by atomic mass is 10.3. The molecule has 88 valence electrons. The summed E-state index contributed by atoms with van der Waals surface area (Å²) < 4.78 is 1.95. The van der Waals surface area contributed by atoms with Crippen LogP contribution in [0.25, 0.3) is 0 Å². The quantitative estimate of drug-likeness (QED) is 0.672. The second kappa shape index (κ2) is 5.65. The number of halogens is 3. The second-order valence-corrected chi connectivity index (χ2v) is 6.60. The molecule has 0 saturated carbocycles. The molecule has 2 aromatic carbocycles. The van der Waals surface area contributed by atoms with Crippen LogP contribution in [-0.2, 0) is 0 Å². The van der Waals surface area contributed by atoms with Gasteiger partial charge < -0.3 is 5.73 Å². The van der Waals surface area contributed by atoms with Gasteiger partial charge in [0.1, 0.15) is 0 Å². The highest BCUT2D eigenvalue weighted by molar-refractivity contribution is 9.11. The third kappa shape index (κ3) is 3.41. The topological polar surface area (TPSA) is 26.0 Å². The minimum Gasteiger partial charge on any atom is -0.399 e. The van der Waals surface area contributed by atoms with E-state index in [1.54, 1.807) is 11.8 Å². The molecule has 0 aliphatic rings. The zero-order valence-corrected chi connectivity index (χ0v) is 13.3. The average Bonchev–Trinajstić information content (AvgIpc) is 2.26. The Labute approximate surface area is 126 Å². The standard InChI is InChI=1S/C12H8Br2ClNS/c13-10-5-8(16)6-11(14)12(10)17-9-3-1-7(15)2-4-9/h1-6H,16H2. The van der Waals surface area contributed by atoms with Gasteiger partial charge >= 0.3 is 0 Å². The molecule has 0 aromatic heterocycles. The first kappa shape index (κ1) is 13.3. The molecule has 0 aliphatic carbocycles. The summed E-state index contributed by atoms with van der Waals surface area (Å²) in [5.41, 5.74) is 6.48. The molecule has 0 bridgehead atoms. The summed E-state index contributed by atoms with van der Waals surface area (Å²) in [7, 11) is 0. The van der Waals surface area contributed by atoms with E-state index in [2.05, 4.69) is 31.9 Å². The molecular weight excluding hydrogens is 385 g/mol. The molecule has 0 amide bonds. The third-order valence-corrected chi connectivity index (χ3v) is 5.23. The molecule has 0 saturated heterocycles. The molecule has 2 rings (SSSR count). The number of nitrogens with two attached hydrogens (primary N) is 1. The van der Waals surface area contributed by atoms with Crippen LogP contribution in [0.15, 0.2) is 55.1 Å². The van der Waals surface area contributed by atoms with E-state index < -0.39 is 0 Å². The van der Waals surface area contributed by atoms with E-state index >= 15 is 0 Å². The molecule has 17 heavy (non-hydrogen) atoms. The van der Waals surface area contributed by atoms with Crippen molar-refractivity contribution in [2.45, 2.75) is 9.79 Å². The zero-order valence-electron chi connectivity index (χ0n) is 8.58. The maximum Gasteiger partial charge on any atom is 0.0408 e. The fraction of sp³-hybridized carbons (Fsp3) is 0. The Bertz CT molecular complexity index is 520. The van der Waals surface area contributed by atoms with Crippen molar-refractivity contribution in [2.75, 3.05) is 5.73 Å². The van der Waals surface area contributed by atoms with Gasteiger partial charge in [0.25, 0.3) is 0 Å². The molecule has 2 N–H and O–H groups in total. The van der Waals surface area contributed by atoms with Gasteiger partial charge in [0.15, 0.2) is 0 Å². The molecule has 0 fully saturated rings. The summed E-state index contributed by atoms with van der Waals surface area (Å²) in [5, 5.41) is 0.741. The lowest BCUT2D eigenvalue weighted by Crippen LogP contribution is -1.87. The van der Waals surface area contributed by atoms with Gasteiger partial charge in [-0.15, -0.1) is 0 Å². The number of benzene rings is 2. The minimum atomic E-state index is 0.726. The summed E-state index contributed by atoms with van der Waals surface area (Å²) in [5.74, 6) is 0. The van der Waals surface area contributed by atoms with E-state index in [9.17, 15) is 0 Å². The minimum absolute atomic E-state index is 0.726. The first-order valence-electron chi connectivity index (χ1n) is 4.74. The Kier molecular flexibility index (Phi) is 4.42. The predicted octanol–water partition coefficient (Wildman–Crippen LogP) is 5.60.